The summed E-state index contributed by atoms with van der Waals surface area (Å²) in [6.45, 7) is 1.56. The third kappa shape index (κ3) is 3.45. The van der Waals surface area contributed by atoms with E-state index in [0.717, 1.165) is 25.9 Å². The van der Waals surface area contributed by atoms with Crippen LogP contribution in [-0.2, 0) is 4.79 Å². The van der Waals surface area contributed by atoms with E-state index < -0.39 is 23.9 Å². The van der Waals surface area contributed by atoms with Crippen molar-refractivity contribution in [1.82, 2.24) is 14.9 Å². The molecule has 24 heavy (non-hydrogen) atoms. The first-order chi connectivity index (χ1) is 11.4. The smallest absolute Gasteiger partial charge is 0.355 e. The van der Waals surface area contributed by atoms with Crippen molar-refractivity contribution in [2.75, 3.05) is 43.4 Å². The molecular formula is C15H20F3N5O. The molecule has 2 saturated heterocycles. The maximum absolute atomic E-state index is 13.2. The van der Waals surface area contributed by atoms with E-state index in [0.29, 0.717) is 11.5 Å². The van der Waals surface area contributed by atoms with Gasteiger partial charge in [-0.3, -0.25) is 4.79 Å². The highest BCUT2D eigenvalue weighted by Crippen LogP contribution is 2.38. The second kappa shape index (κ2) is 6.54. The molecule has 1 N–H and O–H groups in total. The Bertz CT molecular complexity index is 603. The van der Waals surface area contributed by atoms with Crippen molar-refractivity contribution in [2.45, 2.75) is 19.0 Å². The molecule has 0 aliphatic carbocycles. The van der Waals surface area contributed by atoms with Gasteiger partial charge in [0.2, 0.25) is 5.91 Å². The Balaban J connectivity index is 1.77. The second-order valence-electron chi connectivity index (χ2n) is 6.42. The normalized spacial score (nSPS) is 25.2. The fourth-order valence-electron chi connectivity index (χ4n) is 3.42. The fraction of sp³-hybridized carbons (Fsp3) is 0.667. The largest absolute Gasteiger partial charge is 0.393 e. The molecule has 1 amide bonds. The molecule has 0 unspecified atom stereocenters. The summed E-state index contributed by atoms with van der Waals surface area (Å²) >= 11 is 0. The molecule has 3 rings (SSSR count). The summed E-state index contributed by atoms with van der Waals surface area (Å²) in [7, 11) is 1.59. The Morgan fingerprint density at radius 2 is 2.00 bits per heavy atom. The molecule has 1 aromatic heterocycles. The number of nitrogens with one attached hydrogen (secondary N) is 1. The number of carbonyl (C=O) groups is 1. The zero-order valence-corrected chi connectivity index (χ0v) is 13.4. The van der Waals surface area contributed by atoms with Crippen molar-refractivity contribution in [1.29, 1.82) is 0 Å². The first-order valence-corrected chi connectivity index (χ1v) is 7.97. The van der Waals surface area contributed by atoms with Gasteiger partial charge < -0.3 is 15.1 Å². The number of aromatic nitrogens is 2. The van der Waals surface area contributed by atoms with E-state index in [9.17, 15) is 18.0 Å². The van der Waals surface area contributed by atoms with Crippen LogP contribution in [-0.4, -0.2) is 60.2 Å². The maximum atomic E-state index is 13.2. The van der Waals surface area contributed by atoms with E-state index in [4.69, 9.17) is 0 Å². The Hall–Kier alpha value is -1.90. The van der Waals surface area contributed by atoms with Crippen molar-refractivity contribution >= 4 is 17.4 Å². The average Bonchev–Trinajstić information content (AvgIpc) is 3.16. The lowest BCUT2D eigenvalue weighted by atomic mass is 9.94. The first kappa shape index (κ1) is 16.9. The number of alkyl halides is 3. The molecular weight excluding hydrogens is 323 g/mol. The summed E-state index contributed by atoms with van der Waals surface area (Å²) in [6.07, 6.45) is 0.491. The number of rotatable bonds is 3. The van der Waals surface area contributed by atoms with Gasteiger partial charge in [-0.05, 0) is 19.9 Å². The van der Waals surface area contributed by atoms with Crippen LogP contribution in [0.2, 0.25) is 0 Å². The Morgan fingerprint density at radius 1 is 1.29 bits per heavy atom. The molecule has 132 valence electrons. The lowest BCUT2D eigenvalue weighted by Gasteiger charge is -2.23. The van der Waals surface area contributed by atoms with Gasteiger partial charge in [0.25, 0.3) is 0 Å². The molecule has 0 spiro atoms. The van der Waals surface area contributed by atoms with Crippen molar-refractivity contribution in [3.05, 3.63) is 12.5 Å². The summed E-state index contributed by atoms with van der Waals surface area (Å²) in [4.78, 5) is 24.1. The van der Waals surface area contributed by atoms with E-state index >= 15 is 0 Å². The van der Waals surface area contributed by atoms with Gasteiger partial charge in [0.15, 0.2) is 5.82 Å². The first-order valence-electron chi connectivity index (χ1n) is 7.97. The van der Waals surface area contributed by atoms with Gasteiger partial charge in [0.05, 0.1) is 18.0 Å². The van der Waals surface area contributed by atoms with Gasteiger partial charge in [0.1, 0.15) is 12.0 Å². The third-order valence-corrected chi connectivity index (χ3v) is 4.61. The van der Waals surface area contributed by atoms with E-state index in [1.807, 2.05) is 4.90 Å². The van der Waals surface area contributed by atoms with Gasteiger partial charge in [-0.1, -0.05) is 0 Å². The molecule has 0 aromatic carbocycles. The molecule has 0 radical (unpaired) electrons. The maximum Gasteiger partial charge on any atom is 0.393 e. The molecule has 3 heterocycles. The van der Waals surface area contributed by atoms with Crippen LogP contribution >= 0.6 is 0 Å². The molecule has 2 aliphatic heterocycles. The third-order valence-electron chi connectivity index (χ3n) is 4.61. The van der Waals surface area contributed by atoms with Crippen molar-refractivity contribution in [2.24, 2.45) is 11.8 Å². The summed E-state index contributed by atoms with van der Waals surface area (Å²) in [5.74, 6) is -2.83. The Morgan fingerprint density at radius 3 is 2.67 bits per heavy atom. The highest BCUT2D eigenvalue weighted by atomic mass is 19.4. The molecule has 2 atom stereocenters. The molecule has 6 nitrogen and oxygen atoms in total. The molecule has 9 heteroatoms. The summed E-state index contributed by atoms with van der Waals surface area (Å²) in [5, 5.41) is 2.62. The van der Waals surface area contributed by atoms with E-state index in [2.05, 4.69) is 15.3 Å². The van der Waals surface area contributed by atoms with Crippen molar-refractivity contribution in [3.63, 3.8) is 0 Å². The van der Waals surface area contributed by atoms with Crippen LogP contribution in [0.25, 0.3) is 0 Å². The van der Waals surface area contributed by atoms with Crippen LogP contribution in [0.4, 0.5) is 24.7 Å². The number of hydrogen-bond donors (Lipinski definition) is 1. The lowest BCUT2D eigenvalue weighted by Crippen LogP contribution is -2.37. The predicted octanol–water partition coefficient (Wildman–Crippen LogP) is 1.76. The van der Waals surface area contributed by atoms with Gasteiger partial charge in [-0.2, -0.15) is 13.2 Å². The SMILES string of the molecule is CN1C[C@@H](C(F)(F)F)[C@H](C(=O)Nc2cncnc2N2CCCC2)C1. The van der Waals surface area contributed by atoms with E-state index in [-0.39, 0.29) is 13.1 Å². The van der Waals surface area contributed by atoms with Gasteiger partial charge in [-0.15, -0.1) is 0 Å². The molecule has 2 fully saturated rings. The van der Waals surface area contributed by atoms with E-state index in [1.165, 1.54) is 17.4 Å². The predicted molar refractivity (Wildman–Crippen MR) is 82.6 cm³/mol. The number of anilines is 2. The second-order valence-corrected chi connectivity index (χ2v) is 6.42. The minimum Gasteiger partial charge on any atom is -0.355 e. The average molecular weight is 343 g/mol. The van der Waals surface area contributed by atoms with Crippen molar-refractivity contribution < 1.29 is 18.0 Å². The van der Waals surface area contributed by atoms with Gasteiger partial charge >= 0.3 is 6.18 Å². The number of nitrogens with zero attached hydrogens (tertiary/aromatic N) is 4. The zero-order valence-electron chi connectivity index (χ0n) is 13.4. The summed E-state index contributed by atoms with van der Waals surface area (Å²) in [5.41, 5.74) is 0.375. The standard InChI is InChI=1S/C15H20F3N5O/c1-22-7-10(11(8-22)15(16,17)18)14(24)21-12-6-19-9-20-13(12)23-4-2-3-5-23/h6,9-11H,2-5,7-8H2,1H3,(H,21,24)/t10-,11-/m1/s1. The highest BCUT2D eigenvalue weighted by molar-refractivity contribution is 5.95. The van der Waals surface area contributed by atoms with Crippen LogP contribution in [0, 0.1) is 11.8 Å². The van der Waals surface area contributed by atoms with Crippen LogP contribution < -0.4 is 10.2 Å². The zero-order chi connectivity index (χ0) is 17.3. The van der Waals surface area contributed by atoms with Gasteiger partial charge in [-0.25, -0.2) is 9.97 Å². The molecule has 0 bridgehead atoms. The topological polar surface area (TPSA) is 61.4 Å². The summed E-state index contributed by atoms with van der Waals surface area (Å²) < 4.78 is 39.5. The van der Waals surface area contributed by atoms with E-state index in [1.54, 1.807) is 7.05 Å². The quantitative estimate of drug-likeness (QED) is 0.906. The monoisotopic (exact) mass is 343 g/mol. The summed E-state index contributed by atoms with van der Waals surface area (Å²) in [6, 6.07) is 0. The molecule has 2 aliphatic rings. The van der Waals surface area contributed by atoms with Crippen LogP contribution in [0.15, 0.2) is 12.5 Å². The van der Waals surface area contributed by atoms with Crippen molar-refractivity contribution in [3.8, 4) is 0 Å². The number of likely N-dealkylation sites (tertiary alicyclic amines) is 1. The van der Waals surface area contributed by atoms with Crippen LogP contribution in [0.5, 0.6) is 0 Å². The fourth-order valence-corrected chi connectivity index (χ4v) is 3.42. The molecule has 1 aromatic rings. The number of hydrogen-bond acceptors (Lipinski definition) is 5. The molecule has 0 saturated carbocycles. The Kier molecular flexibility index (Phi) is 4.62. The minimum atomic E-state index is -4.39. The highest BCUT2D eigenvalue weighted by Gasteiger charge is 2.51. The van der Waals surface area contributed by atoms with Crippen LogP contribution in [0.3, 0.4) is 0 Å². The minimum absolute atomic E-state index is 0.0861. The van der Waals surface area contributed by atoms with Crippen LogP contribution in [0.1, 0.15) is 12.8 Å². The number of halogens is 3. The Labute approximate surface area is 138 Å². The number of carbonyl (C=O) groups excluding carboxylic acids is 1. The van der Waals surface area contributed by atoms with Gasteiger partial charge in [0, 0.05) is 26.2 Å². The lowest BCUT2D eigenvalue weighted by molar-refractivity contribution is -0.182. The number of amides is 1.